The molecular formula is C17H17Br2ClS. The monoisotopic (exact) mass is 446 g/mol. The predicted octanol–water partition coefficient (Wildman–Crippen LogP) is 7.65. The summed E-state index contributed by atoms with van der Waals surface area (Å²) in [4.78, 5) is 1.17. The van der Waals surface area contributed by atoms with Gasteiger partial charge in [-0.05, 0) is 67.8 Å². The molecule has 0 amide bonds. The normalized spacial score (nSPS) is 17.9. The van der Waals surface area contributed by atoms with Gasteiger partial charge in [-0.2, -0.15) is 0 Å². The molecule has 1 saturated carbocycles. The number of halogens is 3. The lowest BCUT2D eigenvalue weighted by atomic mass is 9.84. The number of hydrogen-bond donors (Lipinski definition) is 0. The first-order valence-electron chi connectivity index (χ1n) is 7.34. The van der Waals surface area contributed by atoms with Crippen LogP contribution in [0.25, 0.3) is 0 Å². The summed E-state index contributed by atoms with van der Waals surface area (Å²) in [6.07, 6.45) is 6.84. The summed E-state index contributed by atoms with van der Waals surface area (Å²) in [5.74, 6) is 0.756. The van der Waals surface area contributed by atoms with Crippen molar-refractivity contribution in [2.24, 2.45) is 0 Å². The molecule has 2 aromatic rings. The highest BCUT2D eigenvalue weighted by molar-refractivity contribution is 9.13. The van der Waals surface area contributed by atoms with Gasteiger partial charge < -0.3 is 0 Å². The van der Waals surface area contributed by atoms with E-state index in [1.165, 1.54) is 48.1 Å². The molecule has 0 bridgehead atoms. The van der Waals surface area contributed by atoms with E-state index in [0.717, 1.165) is 14.2 Å². The molecule has 0 N–H and O–H groups in total. The van der Waals surface area contributed by atoms with Crippen LogP contribution in [0.1, 0.15) is 59.4 Å². The molecule has 0 radical (unpaired) electrons. The molecule has 0 aliphatic heterocycles. The van der Waals surface area contributed by atoms with Crippen molar-refractivity contribution in [3.63, 3.8) is 0 Å². The molecule has 3 rings (SSSR count). The van der Waals surface area contributed by atoms with Gasteiger partial charge in [0.25, 0.3) is 0 Å². The fourth-order valence-corrected chi connectivity index (χ4v) is 5.46. The van der Waals surface area contributed by atoms with E-state index in [0.29, 0.717) is 0 Å². The average molecular weight is 449 g/mol. The van der Waals surface area contributed by atoms with Crippen molar-refractivity contribution >= 4 is 54.8 Å². The Morgan fingerprint density at radius 3 is 2.29 bits per heavy atom. The first-order chi connectivity index (χ1) is 10.1. The van der Waals surface area contributed by atoms with Crippen LogP contribution in [-0.4, -0.2) is 0 Å². The van der Waals surface area contributed by atoms with Crippen LogP contribution >= 0.6 is 54.8 Å². The van der Waals surface area contributed by atoms with Crippen molar-refractivity contribution in [3.8, 4) is 0 Å². The molecule has 0 saturated heterocycles. The third kappa shape index (κ3) is 3.74. The van der Waals surface area contributed by atoms with Gasteiger partial charge in [-0.1, -0.05) is 43.5 Å². The molecule has 1 aromatic carbocycles. The lowest BCUT2D eigenvalue weighted by molar-refractivity contribution is 0.443. The molecule has 1 unspecified atom stereocenters. The Kier molecular flexibility index (Phi) is 5.47. The largest absolute Gasteiger partial charge is 0.130 e. The van der Waals surface area contributed by atoms with Crippen molar-refractivity contribution in [2.75, 3.05) is 0 Å². The Balaban J connectivity index is 1.76. The molecule has 1 aliphatic carbocycles. The summed E-state index contributed by atoms with van der Waals surface area (Å²) < 4.78 is 2.17. The summed E-state index contributed by atoms with van der Waals surface area (Å²) in [5.41, 5.74) is 2.66. The molecule has 1 aliphatic rings. The van der Waals surface area contributed by atoms with Crippen LogP contribution in [0.15, 0.2) is 38.6 Å². The summed E-state index contributed by atoms with van der Waals surface area (Å²) in [5, 5.41) is -0.0713. The maximum atomic E-state index is 6.62. The Morgan fingerprint density at radius 2 is 1.71 bits per heavy atom. The number of benzene rings is 1. The van der Waals surface area contributed by atoms with Gasteiger partial charge in [0.1, 0.15) is 0 Å². The summed E-state index contributed by atoms with van der Waals surface area (Å²) in [6, 6.07) is 11.0. The molecule has 0 spiro atoms. The van der Waals surface area contributed by atoms with E-state index in [-0.39, 0.29) is 5.38 Å². The van der Waals surface area contributed by atoms with E-state index in [4.69, 9.17) is 11.6 Å². The van der Waals surface area contributed by atoms with Gasteiger partial charge in [-0.25, -0.2) is 0 Å². The second-order valence-electron chi connectivity index (χ2n) is 5.63. The fourth-order valence-electron chi connectivity index (χ4n) is 3.03. The van der Waals surface area contributed by atoms with E-state index < -0.39 is 0 Å². The smallest absolute Gasteiger partial charge is 0.0928 e. The summed E-state index contributed by atoms with van der Waals surface area (Å²) in [6.45, 7) is 0. The molecular weight excluding hydrogens is 432 g/mol. The van der Waals surface area contributed by atoms with E-state index in [2.05, 4.69) is 62.2 Å². The van der Waals surface area contributed by atoms with Crippen LogP contribution in [0.3, 0.4) is 0 Å². The number of alkyl halides is 1. The molecule has 1 heterocycles. The standard InChI is InChI=1S/C17H17Br2ClS/c18-14-10-15(21-17(14)19)16(20)13-8-6-12(7-9-13)11-4-2-1-3-5-11/h6-11,16H,1-5H2. The predicted molar refractivity (Wildman–Crippen MR) is 99.7 cm³/mol. The van der Waals surface area contributed by atoms with Gasteiger partial charge in [0.2, 0.25) is 0 Å². The molecule has 1 atom stereocenters. The molecule has 21 heavy (non-hydrogen) atoms. The molecule has 0 nitrogen and oxygen atoms in total. The van der Waals surface area contributed by atoms with Crippen LogP contribution in [0.4, 0.5) is 0 Å². The molecule has 1 fully saturated rings. The molecule has 1 aromatic heterocycles. The Morgan fingerprint density at radius 1 is 1.05 bits per heavy atom. The zero-order chi connectivity index (χ0) is 14.8. The lowest BCUT2D eigenvalue weighted by Gasteiger charge is -2.22. The maximum absolute atomic E-state index is 6.62. The lowest BCUT2D eigenvalue weighted by Crippen LogP contribution is -2.04. The van der Waals surface area contributed by atoms with Gasteiger partial charge in [0.05, 0.1) is 9.16 Å². The van der Waals surface area contributed by atoms with E-state index in [9.17, 15) is 0 Å². The summed E-state index contributed by atoms with van der Waals surface area (Å²) >= 11 is 15.4. The van der Waals surface area contributed by atoms with E-state index >= 15 is 0 Å². The van der Waals surface area contributed by atoms with Crippen molar-refractivity contribution in [2.45, 2.75) is 43.4 Å². The fraction of sp³-hybridized carbons (Fsp3) is 0.412. The Hall–Kier alpha value is 0.170. The number of rotatable bonds is 3. The van der Waals surface area contributed by atoms with E-state index in [1.54, 1.807) is 11.3 Å². The zero-order valence-electron chi connectivity index (χ0n) is 11.6. The van der Waals surface area contributed by atoms with Gasteiger partial charge in [-0.15, -0.1) is 22.9 Å². The molecule has 112 valence electrons. The number of thiophene rings is 1. The SMILES string of the molecule is ClC(c1ccc(C2CCCCC2)cc1)c1cc(Br)c(Br)s1. The van der Waals surface area contributed by atoms with Crippen molar-refractivity contribution in [3.05, 3.63) is 54.6 Å². The van der Waals surface area contributed by atoms with Crippen LogP contribution in [0, 0.1) is 0 Å². The minimum atomic E-state index is -0.0713. The first-order valence-corrected chi connectivity index (χ1v) is 10.2. The van der Waals surface area contributed by atoms with E-state index in [1.807, 2.05) is 0 Å². The number of hydrogen-bond acceptors (Lipinski definition) is 1. The maximum Gasteiger partial charge on any atom is 0.0928 e. The second-order valence-corrected chi connectivity index (χ2v) is 9.33. The third-order valence-electron chi connectivity index (χ3n) is 4.22. The van der Waals surface area contributed by atoms with Crippen molar-refractivity contribution in [1.82, 2.24) is 0 Å². The van der Waals surface area contributed by atoms with Gasteiger partial charge in [-0.3, -0.25) is 0 Å². The minimum absolute atomic E-state index is 0.0713. The van der Waals surface area contributed by atoms with Gasteiger partial charge in [0.15, 0.2) is 0 Å². The first kappa shape index (κ1) is 16.0. The van der Waals surface area contributed by atoms with Crippen molar-refractivity contribution in [1.29, 1.82) is 0 Å². The van der Waals surface area contributed by atoms with Crippen molar-refractivity contribution < 1.29 is 0 Å². The highest BCUT2D eigenvalue weighted by atomic mass is 79.9. The van der Waals surface area contributed by atoms with Crippen LogP contribution in [0.5, 0.6) is 0 Å². The van der Waals surface area contributed by atoms with Crippen LogP contribution in [-0.2, 0) is 0 Å². The van der Waals surface area contributed by atoms with Crippen LogP contribution in [0.2, 0.25) is 0 Å². The average Bonchev–Trinajstić information content (AvgIpc) is 2.87. The Labute approximate surface area is 152 Å². The third-order valence-corrected chi connectivity index (χ3v) is 8.16. The van der Waals surface area contributed by atoms with Gasteiger partial charge in [0, 0.05) is 9.35 Å². The van der Waals surface area contributed by atoms with Crippen LogP contribution < -0.4 is 0 Å². The molecule has 4 heteroatoms. The highest BCUT2D eigenvalue weighted by Gasteiger charge is 2.18. The second kappa shape index (κ2) is 7.16. The highest BCUT2D eigenvalue weighted by Crippen LogP contribution is 2.41. The minimum Gasteiger partial charge on any atom is -0.130 e. The quantitative estimate of drug-likeness (QED) is 0.423. The topological polar surface area (TPSA) is 0 Å². The Bertz CT molecular complexity index is 580. The van der Waals surface area contributed by atoms with Gasteiger partial charge >= 0.3 is 0 Å². The zero-order valence-corrected chi connectivity index (χ0v) is 16.4. The summed E-state index contributed by atoms with van der Waals surface area (Å²) in [7, 11) is 0.